The molecule has 3 saturated heterocycles. The Hall–Kier alpha value is -1.22. The van der Waals surface area contributed by atoms with Gasteiger partial charge in [-0.25, -0.2) is 0 Å². The third-order valence-electron chi connectivity index (χ3n) is 14.2. The summed E-state index contributed by atoms with van der Waals surface area (Å²) in [4.78, 5) is 27.4. The van der Waals surface area contributed by atoms with Crippen molar-refractivity contribution in [1.82, 2.24) is 15.5 Å². The second-order valence-corrected chi connectivity index (χ2v) is 16.4. The minimum atomic E-state index is -0.331. The smallest absolute Gasteiger partial charge is 0.230 e. The van der Waals surface area contributed by atoms with Crippen LogP contribution in [0.2, 0.25) is 0 Å². The molecule has 7 fully saturated rings. The van der Waals surface area contributed by atoms with Gasteiger partial charge in [0, 0.05) is 31.5 Å². The average molecular weight is 600 g/mol. The number of amides is 2. The van der Waals surface area contributed by atoms with E-state index in [-0.39, 0.29) is 30.1 Å². The molecule has 0 aromatic heterocycles. The Labute approximate surface area is 259 Å². The molecule has 0 aromatic rings. The summed E-state index contributed by atoms with van der Waals surface area (Å²) in [5.41, 5.74) is 0.715. The first-order valence-corrected chi connectivity index (χ1v) is 17.8. The number of carbonyl (C=O) groups is 2. The van der Waals surface area contributed by atoms with Crippen molar-refractivity contribution in [2.45, 2.75) is 116 Å². The highest BCUT2D eigenvalue weighted by Crippen LogP contribution is 2.71. The highest BCUT2D eigenvalue weighted by molar-refractivity contribution is 5.96. The van der Waals surface area contributed by atoms with Gasteiger partial charge in [0.05, 0.1) is 32.6 Å². The zero-order chi connectivity index (χ0) is 30.0. The van der Waals surface area contributed by atoms with Crippen LogP contribution >= 0.6 is 0 Å². The molecule has 0 aromatic carbocycles. The number of rotatable bonds is 5. The fourth-order valence-corrected chi connectivity index (χ4v) is 11.9. The summed E-state index contributed by atoms with van der Waals surface area (Å²) in [6, 6.07) is 0.192. The summed E-state index contributed by atoms with van der Waals surface area (Å²) in [7, 11) is 0. The van der Waals surface area contributed by atoms with E-state index in [9.17, 15) is 9.59 Å². The van der Waals surface area contributed by atoms with Gasteiger partial charge in [-0.2, -0.15) is 0 Å². The van der Waals surface area contributed by atoms with E-state index in [1.54, 1.807) is 0 Å². The standard InChI is InChI=1S/C35H57N3O5/c1-22-7-12-35(42-20-22)23(2)32-29(43-35)18-28-26-6-5-24-17-25(8-10-33(24,3)27(26)9-11-34(28,32)4)37-31(40)19-30(39)36-21-38-13-15-41-16-14-38/h22-29,32H,5-21H2,1-4H3,(H,36,39)(H,37,40)/t22-,23-,24+,25?,26+,27-,28-,29-,32-,33-,34-,35+/m0/s1. The van der Waals surface area contributed by atoms with Gasteiger partial charge in [-0.3, -0.25) is 14.5 Å². The topological polar surface area (TPSA) is 89.1 Å². The quantitative estimate of drug-likeness (QED) is 0.445. The number of morpholine rings is 1. The van der Waals surface area contributed by atoms with Crippen molar-refractivity contribution in [3.05, 3.63) is 0 Å². The van der Waals surface area contributed by atoms with Crippen LogP contribution in [0.15, 0.2) is 0 Å². The van der Waals surface area contributed by atoms with Crippen LogP contribution in [-0.4, -0.2) is 74.2 Å². The first-order valence-electron chi connectivity index (χ1n) is 17.8. The maximum Gasteiger partial charge on any atom is 0.230 e. The minimum Gasteiger partial charge on any atom is -0.379 e. The van der Waals surface area contributed by atoms with Crippen LogP contribution < -0.4 is 10.6 Å². The molecular weight excluding hydrogens is 542 g/mol. The fourth-order valence-electron chi connectivity index (χ4n) is 11.9. The number of ether oxygens (including phenoxy) is 3. The van der Waals surface area contributed by atoms with Crippen LogP contribution in [0.4, 0.5) is 0 Å². The molecule has 8 nitrogen and oxygen atoms in total. The van der Waals surface area contributed by atoms with E-state index in [1.165, 1.54) is 44.9 Å². The van der Waals surface area contributed by atoms with E-state index in [1.807, 2.05) is 0 Å². The highest BCUT2D eigenvalue weighted by Gasteiger charge is 2.69. The summed E-state index contributed by atoms with van der Waals surface area (Å²) in [5.74, 6) is 4.08. The van der Waals surface area contributed by atoms with Gasteiger partial charge in [0.15, 0.2) is 5.79 Å². The predicted molar refractivity (Wildman–Crippen MR) is 164 cm³/mol. The minimum absolute atomic E-state index is 0.0814. The van der Waals surface area contributed by atoms with Crippen LogP contribution in [0, 0.1) is 52.3 Å². The van der Waals surface area contributed by atoms with Crippen molar-refractivity contribution in [3.8, 4) is 0 Å². The largest absolute Gasteiger partial charge is 0.379 e. The molecule has 0 bridgehead atoms. The summed E-state index contributed by atoms with van der Waals surface area (Å²) in [5, 5.41) is 6.17. The molecule has 12 atom stereocenters. The Morgan fingerprint density at radius 3 is 2.44 bits per heavy atom. The predicted octanol–water partition coefficient (Wildman–Crippen LogP) is 4.71. The van der Waals surface area contributed by atoms with Crippen molar-refractivity contribution in [2.24, 2.45) is 52.3 Å². The molecule has 1 unspecified atom stereocenters. The summed E-state index contributed by atoms with van der Waals surface area (Å²) < 4.78 is 18.9. The lowest BCUT2D eigenvalue weighted by molar-refractivity contribution is -0.273. The van der Waals surface area contributed by atoms with Crippen molar-refractivity contribution in [1.29, 1.82) is 0 Å². The van der Waals surface area contributed by atoms with Crippen molar-refractivity contribution < 1.29 is 23.8 Å². The Bertz CT molecular complexity index is 1060. The molecule has 7 rings (SSSR count). The van der Waals surface area contributed by atoms with Gasteiger partial charge in [-0.1, -0.05) is 27.7 Å². The van der Waals surface area contributed by atoms with E-state index < -0.39 is 0 Å². The van der Waals surface area contributed by atoms with Gasteiger partial charge in [-0.05, 0) is 104 Å². The Morgan fingerprint density at radius 2 is 1.67 bits per heavy atom. The van der Waals surface area contributed by atoms with Crippen molar-refractivity contribution >= 4 is 11.8 Å². The van der Waals surface area contributed by atoms with Gasteiger partial charge in [0.25, 0.3) is 0 Å². The molecule has 8 heteroatoms. The van der Waals surface area contributed by atoms with Gasteiger partial charge in [-0.15, -0.1) is 0 Å². The second-order valence-electron chi connectivity index (χ2n) is 16.4. The van der Waals surface area contributed by atoms with Gasteiger partial charge in [0.1, 0.15) is 6.42 Å². The zero-order valence-electron chi connectivity index (χ0n) is 27.2. The SMILES string of the molecule is C[C@H]1CC[C@@]2(OC1)O[C@H]1C[C@H]3[C@@H]4CC[C@@H]5CC(NC(=O)CC(=O)NCN6CCOCC6)CC[C@]5(C)[C@H]4CC[C@]3(C)[C@H]1[C@@H]2C. The van der Waals surface area contributed by atoms with E-state index in [2.05, 4.69) is 43.2 Å². The van der Waals surface area contributed by atoms with E-state index in [4.69, 9.17) is 14.2 Å². The summed E-state index contributed by atoms with van der Waals surface area (Å²) in [6.45, 7) is 14.3. The lowest BCUT2D eigenvalue weighted by Gasteiger charge is -2.61. The van der Waals surface area contributed by atoms with Crippen LogP contribution in [-0.2, 0) is 23.8 Å². The van der Waals surface area contributed by atoms with Gasteiger partial charge < -0.3 is 24.8 Å². The lowest BCUT2D eigenvalue weighted by atomic mass is 9.44. The molecule has 0 radical (unpaired) electrons. The maximum atomic E-state index is 12.8. The summed E-state index contributed by atoms with van der Waals surface area (Å²) >= 11 is 0. The molecule has 242 valence electrons. The molecule has 4 saturated carbocycles. The Balaban J connectivity index is 0.940. The van der Waals surface area contributed by atoms with E-state index in [0.29, 0.717) is 60.5 Å². The number of fused-ring (bicyclic) bond motifs is 7. The molecule has 4 aliphatic carbocycles. The van der Waals surface area contributed by atoms with Crippen LogP contribution in [0.1, 0.15) is 98.3 Å². The van der Waals surface area contributed by atoms with Crippen LogP contribution in [0.3, 0.4) is 0 Å². The summed E-state index contributed by atoms with van der Waals surface area (Å²) in [6.07, 6.45) is 12.3. The van der Waals surface area contributed by atoms with Crippen LogP contribution in [0.5, 0.6) is 0 Å². The third kappa shape index (κ3) is 5.28. The van der Waals surface area contributed by atoms with E-state index >= 15 is 0 Å². The Morgan fingerprint density at radius 1 is 0.884 bits per heavy atom. The third-order valence-corrected chi connectivity index (χ3v) is 14.2. The first kappa shape index (κ1) is 30.4. The average Bonchev–Trinajstić information content (AvgIpc) is 3.44. The van der Waals surface area contributed by atoms with Gasteiger partial charge in [0.2, 0.25) is 11.8 Å². The zero-order valence-corrected chi connectivity index (χ0v) is 27.2. The number of nitrogens with one attached hydrogen (secondary N) is 2. The maximum absolute atomic E-state index is 12.8. The molecule has 1 spiro atoms. The molecule has 2 amide bonds. The number of hydrogen-bond acceptors (Lipinski definition) is 6. The fraction of sp³-hybridized carbons (Fsp3) is 0.943. The molecule has 3 heterocycles. The second kappa shape index (κ2) is 11.5. The molecule has 43 heavy (non-hydrogen) atoms. The van der Waals surface area contributed by atoms with Crippen molar-refractivity contribution in [3.63, 3.8) is 0 Å². The van der Waals surface area contributed by atoms with Gasteiger partial charge >= 0.3 is 0 Å². The number of carbonyl (C=O) groups excluding carboxylic acids is 2. The molecule has 7 aliphatic rings. The Kier molecular flexibility index (Phi) is 8.17. The number of hydrogen-bond donors (Lipinski definition) is 2. The molecule has 3 aliphatic heterocycles. The molecule has 2 N–H and O–H groups in total. The first-order chi connectivity index (χ1) is 20.6. The van der Waals surface area contributed by atoms with Crippen molar-refractivity contribution in [2.75, 3.05) is 39.6 Å². The van der Waals surface area contributed by atoms with E-state index in [0.717, 1.165) is 56.7 Å². The monoisotopic (exact) mass is 599 g/mol. The number of nitrogens with zero attached hydrogens (tertiary/aromatic N) is 1. The highest BCUT2D eigenvalue weighted by atomic mass is 16.7. The normalized spacial score (nSPS) is 49.4. The molecular formula is C35H57N3O5. The van der Waals surface area contributed by atoms with Crippen LogP contribution in [0.25, 0.3) is 0 Å². The lowest BCUT2D eigenvalue weighted by Crippen LogP contribution is -2.56.